The lowest BCUT2D eigenvalue weighted by Crippen LogP contribution is -2.45. The van der Waals surface area contributed by atoms with E-state index in [9.17, 15) is 17.6 Å². The molecule has 1 heterocycles. The van der Waals surface area contributed by atoms with Gasteiger partial charge >= 0.3 is 0 Å². The molecule has 2 N–H and O–H groups in total. The van der Waals surface area contributed by atoms with Gasteiger partial charge in [0.15, 0.2) is 0 Å². The van der Waals surface area contributed by atoms with Gasteiger partial charge in [-0.2, -0.15) is 4.72 Å². The fraction of sp³-hybridized carbons (Fsp3) is 0.417. The average molecular weight is 321 g/mol. The highest BCUT2D eigenvalue weighted by Gasteiger charge is 2.27. The Morgan fingerprint density at radius 3 is 2.80 bits per heavy atom. The second-order valence-electron chi connectivity index (χ2n) is 4.54. The molecule has 2 rings (SSSR count). The Bertz CT molecular complexity index is 621. The summed E-state index contributed by atoms with van der Waals surface area (Å²) >= 11 is 5.57. The maximum Gasteiger partial charge on any atom is 0.241 e. The van der Waals surface area contributed by atoms with E-state index in [4.69, 9.17) is 11.6 Å². The van der Waals surface area contributed by atoms with Gasteiger partial charge in [-0.1, -0.05) is 11.6 Å². The standard InChI is InChI=1S/C12H14ClFN2O3S/c13-9-7-8(4-5-10(9)14)20(18,19)16-11-3-1-2-6-15-12(11)17/h4-5,7,11,16H,1-3,6H2,(H,15,17)/t11-/m1/s1. The third-order valence-corrected chi connectivity index (χ3v) is 4.79. The van der Waals surface area contributed by atoms with Gasteiger partial charge in [0, 0.05) is 6.54 Å². The molecule has 0 spiro atoms. The van der Waals surface area contributed by atoms with Crippen LogP contribution in [0.4, 0.5) is 4.39 Å². The lowest BCUT2D eigenvalue weighted by Gasteiger charge is -2.15. The van der Waals surface area contributed by atoms with E-state index in [1.165, 1.54) is 0 Å². The van der Waals surface area contributed by atoms with Gasteiger partial charge in [0.05, 0.1) is 9.92 Å². The first-order valence-corrected chi connectivity index (χ1v) is 8.01. The molecule has 1 saturated heterocycles. The van der Waals surface area contributed by atoms with Crippen LogP contribution >= 0.6 is 11.6 Å². The zero-order chi connectivity index (χ0) is 14.8. The van der Waals surface area contributed by atoms with Crippen molar-refractivity contribution in [3.8, 4) is 0 Å². The number of carbonyl (C=O) groups is 1. The first kappa shape index (κ1) is 15.2. The number of carbonyl (C=O) groups excluding carboxylic acids is 1. The molecule has 1 atom stereocenters. The maximum atomic E-state index is 13.0. The highest BCUT2D eigenvalue weighted by atomic mass is 35.5. The largest absolute Gasteiger partial charge is 0.355 e. The van der Waals surface area contributed by atoms with Crippen LogP contribution in [0.25, 0.3) is 0 Å². The van der Waals surface area contributed by atoms with Crippen LogP contribution in [-0.2, 0) is 14.8 Å². The topological polar surface area (TPSA) is 75.3 Å². The maximum absolute atomic E-state index is 13.0. The number of rotatable bonds is 3. The molecule has 0 radical (unpaired) electrons. The number of amides is 1. The van der Waals surface area contributed by atoms with Gasteiger partial charge in [-0.15, -0.1) is 0 Å². The summed E-state index contributed by atoms with van der Waals surface area (Å²) in [6.07, 6.45) is 1.99. The fourth-order valence-corrected chi connectivity index (χ4v) is 3.45. The summed E-state index contributed by atoms with van der Waals surface area (Å²) in [5.74, 6) is -1.04. The fourth-order valence-electron chi connectivity index (χ4n) is 1.95. The Morgan fingerprint density at radius 2 is 2.10 bits per heavy atom. The Labute approximate surface area is 121 Å². The van der Waals surface area contributed by atoms with Gasteiger partial charge in [0.25, 0.3) is 0 Å². The predicted octanol–water partition coefficient (Wildman–Crippen LogP) is 1.43. The van der Waals surface area contributed by atoms with Crippen LogP contribution in [-0.4, -0.2) is 26.9 Å². The average Bonchev–Trinajstić information content (AvgIpc) is 2.58. The van der Waals surface area contributed by atoms with E-state index in [-0.39, 0.29) is 15.8 Å². The van der Waals surface area contributed by atoms with Crippen molar-refractivity contribution >= 4 is 27.5 Å². The summed E-state index contributed by atoms with van der Waals surface area (Å²) in [6, 6.07) is 2.29. The number of hydrogen-bond acceptors (Lipinski definition) is 3. The molecule has 1 fully saturated rings. The van der Waals surface area contributed by atoms with Crippen molar-refractivity contribution in [1.82, 2.24) is 10.0 Å². The van der Waals surface area contributed by atoms with Crippen LogP contribution in [0.5, 0.6) is 0 Å². The van der Waals surface area contributed by atoms with E-state index >= 15 is 0 Å². The molecule has 1 aromatic rings. The highest BCUT2D eigenvalue weighted by molar-refractivity contribution is 7.89. The SMILES string of the molecule is O=C1NCCCC[C@H]1NS(=O)(=O)c1ccc(F)c(Cl)c1. The monoisotopic (exact) mass is 320 g/mol. The van der Waals surface area contributed by atoms with E-state index < -0.39 is 21.9 Å². The molecule has 1 amide bonds. The Morgan fingerprint density at radius 1 is 1.35 bits per heavy atom. The van der Waals surface area contributed by atoms with Gasteiger partial charge in [-0.3, -0.25) is 4.79 Å². The third-order valence-electron chi connectivity index (χ3n) is 3.03. The minimum atomic E-state index is -3.91. The molecule has 5 nitrogen and oxygen atoms in total. The zero-order valence-corrected chi connectivity index (χ0v) is 12.1. The first-order valence-electron chi connectivity index (χ1n) is 6.15. The van der Waals surface area contributed by atoms with Crippen molar-refractivity contribution < 1.29 is 17.6 Å². The predicted molar refractivity (Wildman–Crippen MR) is 72.4 cm³/mol. The van der Waals surface area contributed by atoms with Gasteiger partial charge in [0.2, 0.25) is 15.9 Å². The van der Waals surface area contributed by atoms with Crippen LogP contribution in [0, 0.1) is 5.82 Å². The van der Waals surface area contributed by atoms with E-state index in [0.717, 1.165) is 31.0 Å². The number of hydrogen-bond donors (Lipinski definition) is 2. The minimum absolute atomic E-state index is 0.166. The summed E-state index contributed by atoms with van der Waals surface area (Å²) in [7, 11) is -3.91. The Kier molecular flexibility index (Phi) is 4.62. The van der Waals surface area contributed by atoms with Gasteiger partial charge in [-0.25, -0.2) is 12.8 Å². The normalized spacial score (nSPS) is 20.3. The number of sulfonamides is 1. The zero-order valence-electron chi connectivity index (χ0n) is 10.5. The summed E-state index contributed by atoms with van der Waals surface area (Å²) in [5, 5.41) is 2.36. The molecule has 0 aliphatic carbocycles. The van der Waals surface area contributed by atoms with Crippen molar-refractivity contribution in [3.05, 3.63) is 29.0 Å². The van der Waals surface area contributed by atoms with E-state index in [2.05, 4.69) is 10.0 Å². The number of benzene rings is 1. The third kappa shape index (κ3) is 3.47. The quantitative estimate of drug-likeness (QED) is 0.884. The molecule has 1 aromatic carbocycles. The van der Waals surface area contributed by atoms with E-state index in [0.29, 0.717) is 13.0 Å². The molecular formula is C12H14ClFN2O3S. The summed E-state index contributed by atoms with van der Waals surface area (Å²) in [6.45, 7) is 0.541. The first-order chi connectivity index (χ1) is 9.40. The van der Waals surface area contributed by atoms with Crippen molar-refractivity contribution in [3.63, 3.8) is 0 Å². The van der Waals surface area contributed by atoms with Crippen LogP contribution in [0.1, 0.15) is 19.3 Å². The van der Waals surface area contributed by atoms with Crippen molar-refractivity contribution in [2.45, 2.75) is 30.2 Å². The molecule has 110 valence electrons. The molecule has 1 aliphatic rings. The second kappa shape index (κ2) is 6.07. The molecule has 0 unspecified atom stereocenters. The highest BCUT2D eigenvalue weighted by Crippen LogP contribution is 2.20. The van der Waals surface area contributed by atoms with Crippen LogP contribution in [0.3, 0.4) is 0 Å². The number of nitrogens with one attached hydrogen (secondary N) is 2. The van der Waals surface area contributed by atoms with Gasteiger partial charge < -0.3 is 5.32 Å². The molecule has 8 heteroatoms. The van der Waals surface area contributed by atoms with Crippen LogP contribution in [0.15, 0.2) is 23.1 Å². The van der Waals surface area contributed by atoms with Crippen LogP contribution < -0.4 is 10.0 Å². The van der Waals surface area contributed by atoms with E-state index in [1.807, 2.05) is 0 Å². The van der Waals surface area contributed by atoms with Crippen molar-refractivity contribution in [1.29, 1.82) is 0 Å². The molecule has 20 heavy (non-hydrogen) atoms. The lowest BCUT2D eigenvalue weighted by atomic mass is 10.1. The summed E-state index contributed by atoms with van der Waals surface area (Å²) < 4.78 is 39.7. The summed E-state index contributed by atoms with van der Waals surface area (Å²) in [5.41, 5.74) is 0. The van der Waals surface area contributed by atoms with Gasteiger partial charge in [-0.05, 0) is 37.5 Å². The molecular weight excluding hydrogens is 307 g/mol. The van der Waals surface area contributed by atoms with E-state index in [1.54, 1.807) is 0 Å². The molecule has 0 bridgehead atoms. The summed E-state index contributed by atoms with van der Waals surface area (Å²) in [4.78, 5) is 11.6. The molecule has 0 saturated carbocycles. The lowest BCUT2D eigenvalue weighted by molar-refractivity contribution is -0.122. The van der Waals surface area contributed by atoms with Crippen LogP contribution in [0.2, 0.25) is 5.02 Å². The van der Waals surface area contributed by atoms with Crippen molar-refractivity contribution in [2.75, 3.05) is 6.54 Å². The van der Waals surface area contributed by atoms with Crippen molar-refractivity contribution in [2.24, 2.45) is 0 Å². The second-order valence-corrected chi connectivity index (χ2v) is 6.66. The Hall–Kier alpha value is -1.18. The molecule has 0 aromatic heterocycles. The smallest absolute Gasteiger partial charge is 0.241 e. The molecule has 1 aliphatic heterocycles. The minimum Gasteiger partial charge on any atom is -0.355 e. The number of halogens is 2. The van der Waals surface area contributed by atoms with Gasteiger partial charge in [0.1, 0.15) is 11.9 Å². The Balaban J connectivity index is 2.21.